The number of amides is 1. The van der Waals surface area contributed by atoms with Crippen molar-refractivity contribution in [2.75, 3.05) is 18.0 Å². The number of halogens is 2. The van der Waals surface area contributed by atoms with Crippen LogP contribution in [0, 0.1) is 11.6 Å². The minimum absolute atomic E-state index is 0.0453. The molecule has 2 atom stereocenters. The van der Waals surface area contributed by atoms with Crippen LogP contribution in [0.1, 0.15) is 44.4 Å². The van der Waals surface area contributed by atoms with Crippen molar-refractivity contribution in [2.45, 2.75) is 51.2 Å². The van der Waals surface area contributed by atoms with Gasteiger partial charge in [0.25, 0.3) is 0 Å². The molecule has 0 aliphatic carbocycles. The number of carbonyl (C=O) groups is 2. The molecule has 1 aliphatic rings. The van der Waals surface area contributed by atoms with Crippen LogP contribution in [0.5, 0.6) is 0 Å². The van der Waals surface area contributed by atoms with Crippen molar-refractivity contribution in [2.24, 2.45) is 0 Å². The fourth-order valence-electron chi connectivity index (χ4n) is 3.82. The molecule has 1 aromatic carbocycles. The third kappa shape index (κ3) is 5.05. The molecule has 0 radical (unpaired) electrons. The molecule has 2 aromatic rings. The van der Waals surface area contributed by atoms with Crippen molar-refractivity contribution >= 4 is 18.1 Å². The van der Waals surface area contributed by atoms with Crippen LogP contribution in [-0.4, -0.2) is 42.1 Å². The summed E-state index contributed by atoms with van der Waals surface area (Å²) in [7, 11) is 0. The van der Waals surface area contributed by atoms with E-state index >= 15 is 0 Å². The largest absolute Gasteiger partial charge is 0.443 e. The second kappa shape index (κ2) is 8.95. The summed E-state index contributed by atoms with van der Waals surface area (Å²) < 4.78 is 32.8. The van der Waals surface area contributed by atoms with Gasteiger partial charge in [0.2, 0.25) is 0 Å². The highest BCUT2D eigenvalue weighted by molar-refractivity contribution is 5.92. The Kier molecular flexibility index (Phi) is 6.55. The molecular formula is C22H27F2N3O3. The Hall–Kier alpha value is -2.74. The first-order valence-corrected chi connectivity index (χ1v) is 9.98. The lowest BCUT2D eigenvalue weighted by molar-refractivity contribution is -0.106. The highest BCUT2D eigenvalue weighted by atomic mass is 19.1. The Balaban J connectivity index is 1.86. The van der Waals surface area contributed by atoms with Crippen LogP contribution in [0.25, 0.3) is 0 Å². The van der Waals surface area contributed by atoms with Crippen LogP contribution in [-0.2, 0) is 16.0 Å². The number of anilines is 1. The van der Waals surface area contributed by atoms with Gasteiger partial charge in [0.15, 0.2) is 0 Å². The lowest BCUT2D eigenvalue weighted by Crippen LogP contribution is -2.39. The average molecular weight is 419 g/mol. The van der Waals surface area contributed by atoms with Gasteiger partial charge in [-0.3, -0.25) is 4.90 Å². The van der Waals surface area contributed by atoms with Crippen molar-refractivity contribution in [1.82, 2.24) is 10.3 Å². The van der Waals surface area contributed by atoms with Crippen molar-refractivity contribution < 1.29 is 23.1 Å². The zero-order valence-electron chi connectivity index (χ0n) is 17.4. The molecule has 2 heterocycles. The highest BCUT2D eigenvalue weighted by Crippen LogP contribution is 2.36. The Morgan fingerprint density at radius 2 is 2.07 bits per heavy atom. The number of rotatable bonds is 6. The molecule has 0 bridgehead atoms. The summed E-state index contributed by atoms with van der Waals surface area (Å²) in [6.45, 7) is 5.86. The van der Waals surface area contributed by atoms with Crippen LogP contribution in [0.2, 0.25) is 0 Å². The van der Waals surface area contributed by atoms with Gasteiger partial charge in [-0.25, -0.2) is 13.6 Å². The van der Waals surface area contributed by atoms with Crippen LogP contribution < -0.4 is 10.2 Å². The van der Waals surface area contributed by atoms with E-state index in [9.17, 15) is 18.4 Å². The standard InChI is InChI=1S/C22H27F2N3O3/c1-22(2,3)30-21(29)27(10-11-28)19-7-9-26-20(19)16-6-8-25-18(16)12-14-4-5-15(23)13-17(14)24/h4-5,7,9,11,13,16,18,25-26H,6,8,10,12H2,1-3H3. The topological polar surface area (TPSA) is 74.4 Å². The molecule has 0 spiro atoms. The van der Waals surface area contributed by atoms with Crippen LogP contribution in [0.4, 0.5) is 19.3 Å². The second-order valence-electron chi connectivity index (χ2n) is 8.43. The van der Waals surface area contributed by atoms with E-state index in [-0.39, 0.29) is 18.5 Å². The van der Waals surface area contributed by atoms with Crippen molar-refractivity contribution in [1.29, 1.82) is 0 Å². The quantitative estimate of drug-likeness (QED) is 0.696. The summed E-state index contributed by atoms with van der Waals surface area (Å²) in [5.74, 6) is -1.23. The van der Waals surface area contributed by atoms with Gasteiger partial charge >= 0.3 is 6.09 Å². The molecule has 0 saturated carbocycles. The maximum Gasteiger partial charge on any atom is 0.415 e. The summed E-state index contributed by atoms with van der Waals surface area (Å²) in [5.41, 5.74) is 1.06. The van der Waals surface area contributed by atoms with Gasteiger partial charge in [0.05, 0.1) is 12.2 Å². The van der Waals surface area contributed by atoms with Gasteiger partial charge in [-0.1, -0.05) is 6.07 Å². The first-order chi connectivity index (χ1) is 14.2. The van der Waals surface area contributed by atoms with Crippen LogP contribution in [0.15, 0.2) is 30.5 Å². The molecule has 1 amide bonds. The van der Waals surface area contributed by atoms with E-state index in [0.717, 1.165) is 24.7 Å². The number of aromatic amines is 1. The number of hydrogen-bond donors (Lipinski definition) is 2. The predicted octanol–water partition coefficient (Wildman–Crippen LogP) is 3.92. The van der Waals surface area contributed by atoms with Crippen molar-refractivity contribution in [3.8, 4) is 0 Å². The van der Waals surface area contributed by atoms with Crippen molar-refractivity contribution in [3.05, 3.63) is 53.4 Å². The van der Waals surface area contributed by atoms with Gasteiger partial charge in [-0.05, 0) is 57.9 Å². The summed E-state index contributed by atoms with van der Waals surface area (Å²) >= 11 is 0. The van der Waals surface area contributed by atoms with Crippen LogP contribution in [0.3, 0.4) is 0 Å². The predicted molar refractivity (Wildman–Crippen MR) is 110 cm³/mol. The van der Waals surface area contributed by atoms with E-state index in [1.165, 1.54) is 17.0 Å². The van der Waals surface area contributed by atoms with Crippen LogP contribution >= 0.6 is 0 Å². The third-order valence-corrected chi connectivity index (χ3v) is 5.09. The molecule has 1 aliphatic heterocycles. The number of benzene rings is 1. The van der Waals surface area contributed by atoms with E-state index in [0.29, 0.717) is 24.0 Å². The third-order valence-electron chi connectivity index (χ3n) is 5.09. The number of aromatic nitrogens is 1. The Morgan fingerprint density at radius 3 is 2.73 bits per heavy atom. The fraction of sp³-hybridized carbons (Fsp3) is 0.455. The maximum absolute atomic E-state index is 14.2. The zero-order chi connectivity index (χ0) is 21.9. The van der Waals surface area contributed by atoms with Gasteiger partial charge in [0, 0.05) is 29.9 Å². The number of ether oxygens (including phenoxy) is 1. The second-order valence-corrected chi connectivity index (χ2v) is 8.43. The first-order valence-electron chi connectivity index (χ1n) is 9.98. The Bertz CT molecular complexity index is 907. The van der Waals surface area contributed by atoms with E-state index in [1.807, 2.05) is 0 Å². The van der Waals surface area contributed by atoms with E-state index < -0.39 is 23.3 Å². The van der Waals surface area contributed by atoms with Gasteiger partial charge in [0.1, 0.15) is 23.5 Å². The normalized spacial score (nSPS) is 19.0. The molecule has 8 heteroatoms. The average Bonchev–Trinajstić information content (AvgIpc) is 3.29. The molecular weight excluding hydrogens is 392 g/mol. The number of aldehydes is 1. The molecule has 6 nitrogen and oxygen atoms in total. The van der Waals surface area contributed by atoms with Gasteiger partial charge in [-0.15, -0.1) is 0 Å². The number of carbonyl (C=O) groups excluding carboxylic acids is 2. The highest BCUT2D eigenvalue weighted by Gasteiger charge is 2.34. The van der Waals surface area contributed by atoms with E-state index in [1.54, 1.807) is 33.0 Å². The minimum atomic E-state index is -0.702. The molecule has 1 saturated heterocycles. The van der Waals surface area contributed by atoms with E-state index in [4.69, 9.17) is 4.74 Å². The fourth-order valence-corrected chi connectivity index (χ4v) is 3.82. The number of nitrogens with one attached hydrogen (secondary N) is 2. The molecule has 3 rings (SSSR count). The van der Waals surface area contributed by atoms with E-state index in [2.05, 4.69) is 10.3 Å². The summed E-state index contributed by atoms with van der Waals surface area (Å²) in [4.78, 5) is 28.4. The van der Waals surface area contributed by atoms with Crippen molar-refractivity contribution in [3.63, 3.8) is 0 Å². The minimum Gasteiger partial charge on any atom is -0.443 e. The number of nitrogens with zero attached hydrogens (tertiary/aromatic N) is 1. The lowest BCUT2D eigenvalue weighted by Gasteiger charge is -2.28. The molecule has 30 heavy (non-hydrogen) atoms. The zero-order valence-corrected chi connectivity index (χ0v) is 17.4. The monoisotopic (exact) mass is 419 g/mol. The lowest BCUT2D eigenvalue weighted by atomic mass is 9.91. The molecule has 162 valence electrons. The Morgan fingerprint density at radius 1 is 1.30 bits per heavy atom. The SMILES string of the molecule is CC(C)(C)OC(=O)N(CC=O)c1cc[nH]c1C1CCNC1Cc1ccc(F)cc1F. The first kappa shape index (κ1) is 22.0. The Labute approximate surface area is 174 Å². The van der Waals surface area contributed by atoms with Gasteiger partial charge in [-0.2, -0.15) is 0 Å². The van der Waals surface area contributed by atoms with Gasteiger partial charge < -0.3 is 19.8 Å². The molecule has 1 aromatic heterocycles. The summed E-state index contributed by atoms with van der Waals surface area (Å²) in [6.07, 6.45) is 2.89. The molecule has 2 unspecified atom stereocenters. The number of hydrogen-bond acceptors (Lipinski definition) is 4. The maximum atomic E-state index is 14.2. The molecule has 1 fully saturated rings. The molecule has 2 N–H and O–H groups in total. The smallest absolute Gasteiger partial charge is 0.415 e. The summed E-state index contributed by atoms with van der Waals surface area (Å²) in [5, 5.41) is 3.37. The summed E-state index contributed by atoms with van der Waals surface area (Å²) in [6, 6.07) is 5.21. The number of H-pyrrole nitrogens is 1.